The molecular formula is C18H23N7O2. The topological polar surface area (TPSA) is 102 Å². The van der Waals surface area contributed by atoms with Crippen LogP contribution in [0.2, 0.25) is 0 Å². The van der Waals surface area contributed by atoms with E-state index in [0.29, 0.717) is 17.5 Å². The lowest BCUT2D eigenvalue weighted by atomic mass is 10.1. The second-order valence-corrected chi connectivity index (χ2v) is 6.30. The highest BCUT2D eigenvalue weighted by Crippen LogP contribution is 2.16. The predicted octanol–water partition coefficient (Wildman–Crippen LogP) is 2.11. The highest BCUT2D eigenvalue weighted by atomic mass is 16.5. The van der Waals surface area contributed by atoms with E-state index in [2.05, 4.69) is 37.8 Å². The molecule has 3 rings (SSSR count). The second-order valence-electron chi connectivity index (χ2n) is 6.30. The van der Waals surface area contributed by atoms with Crippen LogP contribution in [-0.4, -0.2) is 42.9 Å². The molecule has 3 aromatic rings. The van der Waals surface area contributed by atoms with E-state index in [4.69, 9.17) is 4.52 Å². The van der Waals surface area contributed by atoms with Gasteiger partial charge in [0.15, 0.2) is 11.6 Å². The van der Waals surface area contributed by atoms with E-state index < -0.39 is 0 Å². The van der Waals surface area contributed by atoms with Crippen molar-refractivity contribution in [1.29, 1.82) is 0 Å². The minimum atomic E-state index is -0.331. The number of nitrogens with zero attached hydrogens (tertiary/aromatic N) is 6. The highest BCUT2D eigenvalue weighted by Gasteiger charge is 2.22. The Balaban J connectivity index is 1.54. The number of amides is 2. The molecule has 9 heteroatoms. The van der Waals surface area contributed by atoms with Gasteiger partial charge >= 0.3 is 6.03 Å². The fourth-order valence-corrected chi connectivity index (χ4v) is 2.60. The lowest BCUT2D eigenvalue weighted by Crippen LogP contribution is -2.39. The number of benzene rings is 1. The third-order valence-corrected chi connectivity index (χ3v) is 4.38. The van der Waals surface area contributed by atoms with Crippen molar-refractivity contribution < 1.29 is 9.32 Å². The maximum Gasteiger partial charge on any atom is 0.318 e. The molecule has 0 aliphatic rings. The Morgan fingerprint density at radius 1 is 1.33 bits per heavy atom. The second kappa shape index (κ2) is 8.43. The summed E-state index contributed by atoms with van der Waals surface area (Å²) in [7, 11) is 1.68. The quantitative estimate of drug-likeness (QED) is 0.684. The number of rotatable bonds is 7. The zero-order chi connectivity index (χ0) is 19.2. The molecule has 27 heavy (non-hydrogen) atoms. The van der Waals surface area contributed by atoms with Crippen molar-refractivity contribution in [2.75, 3.05) is 7.05 Å². The molecule has 0 bridgehead atoms. The molecule has 0 saturated heterocycles. The first-order valence-corrected chi connectivity index (χ1v) is 8.76. The number of hydrogen-bond donors (Lipinski definition) is 1. The highest BCUT2D eigenvalue weighted by molar-refractivity contribution is 5.74. The SMILES string of the molecule is Cc1noc(C(C)N(C)C(=O)NCc2nncn2CCc2ccccc2)n1. The smallest absolute Gasteiger partial charge is 0.318 e. The molecular weight excluding hydrogens is 346 g/mol. The van der Waals surface area contributed by atoms with E-state index in [1.165, 1.54) is 10.5 Å². The van der Waals surface area contributed by atoms with E-state index in [1.807, 2.05) is 29.7 Å². The van der Waals surface area contributed by atoms with Crippen molar-refractivity contribution >= 4 is 6.03 Å². The number of hydrogen-bond acceptors (Lipinski definition) is 6. The van der Waals surface area contributed by atoms with Gasteiger partial charge < -0.3 is 19.3 Å². The van der Waals surface area contributed by atoms with Gasteiger partial charge in [0, 0.05) is 13.6 Å². The summed E-state index contributed by atoms with van der Waals surface area (Å²) in [6.07, 6.45) is 2.55. The van der Waals surface area contributed by atoms with Gasteiger partial charge in [0.25, 0.3) is 0 Å². The maximum atomic E-state index is 12.4. The molecule has 142 valence electrons. The molecule has 9 nitrogen and oxygen atoms in total. The van der Waals surface area contributed by atoms with Crippen LogP contribution in [0, 0.1) is 6.92 Å². The molecule has 0 radical (unpaired) electrons. The number of nitrogens with one attached hydrogen (secondary N) is 1. The fraction of sp³-hybridized carbons (Fsp3) is 0.389. The Kier molecular flexibility index (Phi) is 5.80. The van der Waals surface area contributed by atoms with Crippen LogP contribution in [-0.2, 0) is 19.5 Å². The van der Waals surface area contributed by atoms with Crippen LogP contribution in [0.4, 0.5) is 4.79 Å². The van der Waals surface area contributed by atoms with Gasteiger partial charge in [-0.15, -0.1) is 10.2 Å². The van der Waals surface area contributed by atoms with Crippen LogP contribution in [0.3, 0.4) is 0 Å². The fourth-order valence-electron chi connectivity index (χ4n) is 2.60. The van der Waals surface area contributed by atoms with Crippen molar-refractivity contribution in [2.45, 2.75) is 39.4 Å². The lowest BCUT2D eigenvalue weighted by Gasteiger charge is -2.22. The summed E-state index contributed by atoms with van der Waals surface area (Å²) in [5, 5.41) is 14.7. The summed E-state index contributed by atoms with van der Waals surface area (Å²) in [5.74, 6) is 1.64. The number of carbonyl (C=O) groups is 1. The summed E-state index contributed by atoms with van der Waals surface area (Å²) in [5.41, 5.74) is 1.24. The van der Waals surface area contributed by atoms with E-state index in [9.17, 15) is 4.79 Å². The molecule has 2 heterocycles. The molecule has 1 unspecified atom stereocenters. The molecule has 0 saturated carbocycles. The minimum Gasteiger partial charge on any atom is -0.337 e. The van der Waals surface area contributed by atoms with Crippen LogP contribution in [0.15, 0.2) is 41.2 Å². The van der Waals surface area contributed by atoms with Gasteiger partial charge in [0.1, 0.15) is 12.4 Å². The molecule has 0 aliphatic carbocycles. The molecule has 1 N–H and O–H groups in total. The number of aryl methyl sites for hydroxylation is 3. The molecule has 0 spiro atoms. The van der Waals surface area contributed by atoms with Crippen molar-refractivity contribution in [2.24, 2.45) is 0 Å². The molecule has 1 aromatic carbocycles. The van der Waals surface area contributed by atoms with Gasteiger partial charge in [-0.2, -0.15) is 4.98 Å². The lowest BCUT2D eigenvalue weighted by molar-refractivity contribution is 0.180. The van der Waals surface area contributed by atoms with Gasteiger partial charge in [0.05, 0.1) is 6.54 Å². The Hall–Kier alpha value is -3.23. The average Bonchev–Trinajstić information content (AvgIpc) is 3.32. The summed E-state index contributed by atoms with van der Waals surface area (Å²) < 4.78 is 7.07. The first-order valence-electron chi connectivity index (χ1n) is 8.76. The molecule has 1 atom stereocenters. The maximum absolute atomic E-state index is 12.4. The Morgan fingerprint density at radius 2 is 2.11 bits per heavy atom. The minimum absolute atomic E-state index is 0.254. The zero-order valence-corrected chi connectivity index (χ0v) is 15.7. The Bertz CT molecular complexity index is 875. The van der Waals surface area contributed by atoms with Gasteiger partial charge in [0.2, 0.25) is 5.89 Å². The van der Waals surface area contributed by atoms with Crippen molar-refractivity contribution in [3.05, 3.63) is 59.8 Å². The standard InChI is InChI=1S/C18H23N7O2/c1-13(17-21-14(2)23-27-17)24(3)18(26)19-11-16-22-20-12-25(16)10-9-15-7-5-4-6-8-15/h4-8,12-13H,9-11H2,1-3H3,(H,19,26). The van der Waals surface area contributed by atoms with Crippen LogP contribution < -0.4 is 5.32 Å². The van der Waals surface area contributed by atoms with Crippen LogP contribution in [0.1, 0.15) is 36.1 Å². The first kappa shape index (κ1) is 18.6. The average molecular weight is 369 g/mol. The number of urea groups is 1. The number of aromatic nitrogens is 5. The van der Waals surface area contributed by atoms with Gasteiger partial charge in [-0.05, 0) is 25.8 Å². The van der Waals surface area contributed by atoms with Crippen molar-refractivity contribution in [3.8, 4) is 0 Å². The van der Waals surface area contributed by atoms with Crippen molar-refractivity contribution in [1.82, 2.24) is 35.1 Å². The van der Waals surface area contributed by atoms with E-state index >= 15 is 0 Å². The third kappa shape index (κ3) is 4.69. The predicted molar refractivity (Wildman–Crippen MR) is 97.6 cm³/mol. The zero-order valence-electron chi connectivity index (χ0n) is 15.7. The molecule has 2 aromatic heterocycles. The van der Waals surface area contributed by atoms with E-state index in [-0.39, 0.29) is 18.6 Å². The normalized spacial score (nSPS) is 12.0. The third-order valence-electron chi connectivity index (χ3n) is 4.38. The molecule has 0 fully saturated rings. The molecule has 0 aliphatic heterocycles. The van der Waals surface area contributed by atoms with Crippen LogP contribution in [0.5, 0.6) is 0 Å². The number of carbonyl (C=O) groups excluding carboxylic acids is 1. The van der Waals surface area contributed by atoms with E-state index in [0.717, 1.165) is 13.0 Å². The van der Waals surface area contributed by atoms with Gasteiger partial charge in [-0.3, -0.25) is 0 Å². The van der Waals surface area contributed by atoms with Crippen LogP contribution in [0.25, 0.3) is 0 Å². The largest absolute Gasteiger partial charge is 0.337 e. The first-order chi connectivity index (χ1) is 13.0. The van der Waals surface area contributed by atoms with Crippen molar-refractivity contribution in [3.63, 3.8) is 0 Å². The summed E-state index contributed by atoms with van der Waals surface area (Å²) in [6, 6.07) is 9.62. The van der Waals surface area contributed by atoms with Crippen LogP contribution >= 0.6 is 0 Å². The Labute approximate surface area is 157 Å². The van der Waals surface area contributed by atoms with E-state index in [1.54, 1.807) is 20.3 Å². The van der Waals surface area contributed by atoms with Gasteiger partial charge in [-0.25, -0.2) is 4.79 Å². The summed E-state index contributed by atoms with van der Waals surface area (Å²) in [4.78, 5) is 18.1. The summed E-state index contributed by atoms with van der Waals surface area (Å²) in [6.45, 7) is 4.60. The van der Waals surface area contributed by atoms with Gasteiger partial charge in [-0.1, -0.05) is 35.5 Å². The Morgan fingerprint density at radius 3 is 2.81 bits per heavy atom. The summed E-state index contributed by atoms with van der Waals surface area (Å²) >= 11 is 0. The molecule has 2 amide bonds. The monoisotopic (exact) mass is 369 g/mol.